The fourth-order valence-corrected chi connectivity index (χ4v) is 1.87. The summed E-state index contributed by atoms with van der Waals surface area (Å²) in [6.45, 7) is 0.174. The van der Waals surface area contributed by atoms with Gasteiger partial charge in [0, 0.05) is 18.6 Å². The van der Waals surface area contributed by atoms with Crippen LogP contribution in [0.3, 0.4) is 0 Å². The van der Waals surface area contributed by atoms with Gasteiger partial charge in [-0.05, 0) is 6.42 Å². The molecule has 1 aliphatic carbocycles. The zero-order valence-corrected chi connectivity index (χ0v) is 7.92. The summed E-state index contributed by atoms with van der Waals surface area (Å²) in [5, 5.41) is 8.98. The van der Waals surface area contributed by atoms with Crippen molar-refractivity contribution in [3.8, 4) is 0 Å². The second-order valence-electron chi connectivity index (χ2n) is 3.80. The van der Waals surface area contributed by atoms with E-state index in [2.05, 4.69) is 15.0 Å². The van der Waals surface area contributed by atoms with E-state index in [9.17, 15) is 4.79 Å². The first-order valence-corrected chi connectivity index (χ1v) is 4.82. The molecule has 6 heteroatoms. The Kier molecular flexibility index (Phi) is 1.66. The summed E-state index contributed by atoms with van der Waals surface area (Å²) in [6.07, 6.45) is 3.92. The number of aromatic nitrogens is 4. The Morgan fingerprint density at radius 1 is 1.60 bits per heavy atom. The molecule has 2 heterocycles. The molecule has 0 aliphatic heterocycles. The number of imidazole rings is 1. The quantitative estimate of drug-likeness (QED) is 0.704. The van der Waals surface area contributed by atoms with Crippen molar-refractivity contribution < 1.29 is 5.11 Å². The van der Waals surface area contributed by atoms with Crippen molar-refractivity contribution in [1.29, 1.82) is 0 Å². The first kappa shape index (κ1) is 8.60. The van der Waals surface area contributed by atoms with E-state index in [1.165, 1.54) is 6.33 Å². The number of fused-ring (bicyclic) bond motifs is 1. The van der Waals surface area contributed by atoms with Crippen LogP contribution >= 0.6 is 0 Å². The average molecular weight is 206 g/mol. The molecule has 1 aliphatic rings. The van der Waals surface area contributed by atoms with E-state index in [-0.39, 0.29) is 24.1 Å². The summed E-state index contributed by atoms with van der Waals surface area (Å²) in [5.74, 6) is 0.281. The molecule has 1 fully saturated rings. The minimum absolute atomic E-state index is 0.174. The van der Waals surface area contributed by atoms with Crippen molar-refractivity contribution >= 4 is 11.2 Å². The monoisotopic (exact) mass is 206 g/mol. The molecule has 2 aromatic rings. The van der Waals surface area contributed by atoms with Crippen molar-refractivity contribution in [3.05, 3.63) is 23.0 Å². The second-order valence-corrected chi connectivity index (χ2v) is 3.80. The smallest absolute Gasteiger partial charge is 0.278 e. The minimum atomic E-state index is -0.222. The summed E-state index contributed by atoms with van der Waals surface area (Å²) in [6, 6.07) is 0.245. The normalized spacial score (nSPS) is 24.6. The number of hydrogen-bond donors (Lipinski definition) is 2. The molecule has 3 rings (SSSR count). The number of nitrogens with one attached hydrogen (secondary N) is 1. The largest absolute Gasteiger partial charge is 0.396 e. The molecule has 1 saturated carbocycles. The number of aliphatic hydroxyl groups excluding tert-OH is 1. The highest BCUT2D eigenvalue weighted by Gasteiger charge is 2.39. The van der Waals surface area contributed by atoms with Crippen molar-refractivity contribution in [1.82, 2.24) is 19.5 Å². The number of aliphatic hydroxyl groups is 1. The van der Waals surface area contributed by atoms with E-state index >= 15 is 0 Å². The summed E-state index contributed by atoms with van der Waals surface area (Å²) >= 11 is 0. The average Bonchev–Trinajstić information content (AvgIpc) is 2.90. The van der Waals surface area contributed by atoms with Gasteiger partial charge in [0.05, 0.1) is 12.7 Å². The van der Waals surface area contributed by atoms with E-state index in [1.54, 1.807) is 6.33 Å². The Morgan fingerprint density at radius 3 is 3.20 bits per heavy atom. The zero-order valence-electron chi connectivity index (χ0n) is 7.92. The lowest BCUT2D eigenvalue weighted by atomic mass is 10.4. The molecule has 0 bridgehead atoms. The van der Waals surface area contributed by atoms with Crippen LogP contribution in [0.25, 0.3) is 11.2 Å². The topological polar surface area (TPSA) is 83.8 Å². The third-order valence-electron chi connectivity index (χ3n) is 2.84. The van der Waals surface area contributed by atoms with E-state index in [0.717, 1.165) is 6.42 Å². The molecule has 0 unspecified atom stereocenters. The van der Waals surface area contributed by atoms with Gasteiger partial charge >= 0.3 is 0 Å². The third-order valence-corrected chi connectivity index (χ3v) is 2.84. The fourth-order valence-electron chi connectivity index (χ4n) is 1.87. The van der Waals surface area contributed by atoms with Crippen molar-refractivity contribution in [2.24, 2.45) is 5.92 Å². The van der Waals surface area contributed by atoms with Crippen LogP contribution in [-0.2, 0) is 0 Å². The first-order valence-electron chi connectivity index (χ1n) is 4.82. The molecule has 15 heavy (non-hydrogen) atoms. The molecule has 0 radical (unpaired) electrons. The van der Waals surface area contributed by atoms with Crippen molar-refractivity contribution in [2.45, 2.75) is 12.5 Å². The number of H-pyrrole nitrogens is 1. The maximum Gasteiger partial charge on any atom is 0.278 e. The second kappa shape index (κ2) is 2.90. The van der Waals surface area contributed by atoms with Crippen LogP contribution in [0.1, 0.15) is 12.5 Å². The predicted molar refractivity (Wildman–Crippen MR) is 52.4 cm³/mol. The summed E-state index contributed by atoms with van der Waals surface area (Å²) in [5.41, 5.74) is 0.737. The van der Waals surface area contributed by atoms with Crippen molar-refractivity contribution in [2.75, 3.05) is 6.61 Å². The standard InChI is InChI=1S/C9H10N4O2/c14-2-5-1-6(5)13-4-12-7-8(13)10-3-11-9(7)15/h3-6,14H,1-2H2,(H,10,11,15)/t5-,6+/m0/s1. The molecule has 0 saturated heterocycles. The highest BCUT2D eigenvalue weighted by atomic mass is 16.3. The fraction of sp³-hybridized carbons (Fsp3) is 0.444. The van der Waals surface area contributed by atoms with Crippen LogP contribution in [0.4, 0.5) is 0 Å². The van der Waals surface area contributed by atoms with Crippen molar-refractivity contribution in [3.63, 3.8) is 0 Å². The van der Waals surface area contributed by atoms with Gasteiger partial charge in [0.25, 0.3) is 5.56 Å². The van der Waals surface area contributed by atoms with E-state index in [0.29, 0.717) is 11.2 Å². The Hall–Kier alpha value is -1.69. The summed E-state index contributed by atoms with van der Waals surface area (Å²) < 4.78 is 1.87. The molecule has 6 nitrogen and oxygen atoms in total. The van der Waals surface area contributed by atoms with Gasteiger partial charge in [-0.1, -0.05) is 0 Å². The van der Waals surface area contributed by atoms with Gasteiger partial charge in [0.15, 0.2) is 11.2 Å². The molecular weight excluding hydrogens is 196 g/mol. The highest BCUT2D eigenvalue weighted by molar-refractivity contribution is 5.69. The van der Waals surface area contributed by atoms with Crippen LogP contribution in [0.5, 0.6) is 0 Å². The molecule has 0 spiro atoms. The lowest BCUT2D eigenvalue weighted by Gasteiger charge is -1.99. The van der Waals surface area contributed by atoms with Crippen LogP contribution in [0, 0.1) is 5.92 Å². The van der Waals surface area contributed by atoms with Gasteiger partial charge in [-0.15, -0.1) is 0 Å². The lowest BCUT2D eigenvalue weighted by Crippen LogP contribution is -2.07. The lowest BCUT2D eigenvalue weighted by molar-refractivity contribution is 0.269. The van der Waals surface area contributed by atoms with Gasteiger partial charge in [-0.25, -0.2) is 9.97 Å². The maximum atomic E-state index is 11.4. The molecule has 78 valence electrons. The Labute approximate surface area is 84.6 Å². The van der Waals surface area contributed by atoms with Gasteiger partial charge in [0.2, 0.25) is 0 Å². The van der Waals surface area contributed by atoms with Gasteiger partial charge < -0.3 is 14.7 Å². The van der Waals surface area contributed by atoms with Gasteiger partial charge in [-0.2, -0.15) is 0 Å². The van der Waals surface area contributed by atoms with Crippen LogP contribution in [0.2, 0.25) is 0 Å². The van der Waals surface area contributed by atoms with Gasteiger partial charge in [-0.3, -0.25) is 4.79 Å². The molecule has 2 aromatic heterocycles. The Balaban J connectivity index is 2.14. The van der Waals surface area contributed by atoms with E-state index in [4.69, 9.17) is 5.11 Å². The molecule has 0 amide bonds. The summed E-state index contributed by atoms with van der Waals surface area (Å²) in [7, 11) is 0. The third kappa shape index (κ3) is 1.18. The van der Waals surface area contributed by atoms with Crippen LogP contribution in [-0.4, -0.2) is 31.2 Å². The number of aromatic amines is 1. The Bertz CT molecular complexity index is 558. The number of rotatable bonds is 2. The van der Waals surface area contributed by atoms with Crippen LogP contribution < -0.4 is 5.56 Å². The maximum absolute atomic E-state index is 11.4. The molecule has 0 aromatic carbocycles. The molecular formula is C9H10N4O2. The first-order chi connectivity index (χ1) is 7.31. The minimum Gasteiger partial charge on any atom is -0.396 e. The summed E-state index contributed by atoms with van der Waals surface area (Å²) in [4.78, 5) is 22.0. The molecule has 2 atom stereocenters. The highest BCUT2D eigenvalue weighted by Crippen LogP contribution is 2.43. The van der Waals surface area contributed by atoms with E-state index < -0.39 is 0 Å². The number of hydrogen-bond acceptors (Lipinski definition) is 4. The Morgan fingerprint density at radius 2 is 2.47 bits per heavy atom. The van der Waals surface area contributed by atoms with Gasteiger partial charge in [0.1, 0.15) is 0 Å². The molecule has 2 N–H and O–H groups in total. The SMILES string of the molecule is O=c1[nH]cnc2c1ncn2[C@@H]1C[C@H]1CO. The number of nitrogens with zero attached hydrogens (tertiary/aromatic N) is 3. The van der Waals surface area contributed by atoms with E-state index in [1.807, 2.05) is 4.57 Å². The predicted octanol–water partition coefficient (Wildman–Crippen LogP) is -0.327. The van der Waals surface area contributed by atoms with Crippen LogP contribution in [0.15, 0.2) is 17.4 Å². The zero-order chi connectivity index (χ0) is 10.4.